The second kappa shape index (κ2) is 6.75. The Morgan fingerprint density at radius 1 is 1.04 bits per heavy atom. The predicted octanol–water partition coefficient (Wildman–Crippen LogP) is 5.11. The number of aryl methyl sites for hydroxylation is 2. The van der Waals surface area contributed by atoms with E-state index in [-0.39, 0.29) is 5.75 Å². The van der Waals surface area contributed by atoms with Crippen molar-refractivity contribution in [1.82, 2.24) is 4.57 Å². The molecule has 0 unspecified atom stereocenters. The molecule has 0 saturated carbocycles. The van der Waals surface area contributed by atoms with Crippen molar-refractivity contribution in [1.29, 1.82) is 0 Å². The molecule has 3 rings (SSSR count). The molecular formula is C21H22N2O. The maximum atomic E-state index is 9.35. The van der Waals surface area contributed by atoms with E-state index in [0.29, 0.717) is 0 Å². The van der Waals surface area contributed by atoms with Gasteiger partial charge in [-0.25, -0.2) is 0 Å². The molecule has 0 aliphatic heterocycles. The fourth-order valence-electron chi connectivity index (χ4n) is 3.00. The van der Waals surface area contributed by atoms with Crippen LogP contribution in [0.15, 0.2) is 59.6 Å². The second-order valence-corrected chi connectivity index (χ2v) is 5.92. The summed E-state index contributed by atoms with van der Waals surface area (Å²) in [5.74, 6) is 0.253. The van der Waals surface area contributed by atoms with Gasteiger partial charge >= 0.3 is 0 Å². The molecule has 0 atom stereocenters. The quantitative estimate of drug-likeness (QED) is 0.667. The second-order valence-electron chi connectivity index (χ2n) is 5.92. The highest BCUT2D eigenvalue weighted by Crippen LogP contribution is 2.24. The molecule has 1 N–H and O–H groups in total. The fraction of sp³-hybridized carbons (Fsp3) is 0.190. The summed E-state index contributed by atoms with van der Waals surface area (Å²) in [6.07, 6.45) is 2.89. The molecule has 3 heteroatoms. The fourth-order valence-corrected chi connectivity index (χ4v) is 3.00. The van der Waals surface area contributed by atoms with Crippen molar-refractivity contribution in [2.75, 3.05) is 0 Å². The predicted molar refractivity (Wildman–Crippen MR) is 100.0 cm³/mol. The van der Waals surface area contributed by atoms with Gasteiger partial charge < -0.3 is 9.67 Å². The number of rotatable bonds is 4. The lowest BCUT2D eigenvalue weighted by Gasteiger charge is -2.13. The summed E-state index contributed by atoms with van der Waals surface area (Å²) in [5, 5.41) is 9.35. The number of aromatic nitrogens is 1. The Hall–Kier alpha value is -2.81. The van der Waals surface area contributed by atoms with Gasteiger partial charge in [0.15, 0.2) is 0 Å². The third-order valence-corrected chi connectivity index (χ3v) is 4.29. The van der Waals surface area contributed by atoms with E-state index < -0.39 is 0 Å². The van der Waals surface area contributed by atoms with Gasteiger partial charge in [0, 0.05) is 28.9 Å². The summed E-state index contributed by atoms with van der Waals surface area (Å²) in [5.41, 5.74) is 6.87. The molecule has 0 bridgehead atoms. The standard InChI is InChI=1S/C21H22N2O/c1-4-17-7-5-6-8-21(17)23-15(2)13-18(16(23)3)14-22-19-9-11-20(24)12-10-19/h5-14,24H,4H2,1-3H3. The van der Waals surface area contributed by atoms with Crippen LogP contribution in [0.4, 0.5) is 5.69 Å². The smallest absolute Gasteiger partial charge is 0.115 e. The van der Waals surface area contributed by atoms with Crippen LogP contribution in [0, 0.1) is 13.8 Å². The Morgan fingerprint density at radius 2 is 1.75 bits per heavy atom. The molecule has 122 valence electrons. The molecule has 3 nitrogen and oxygen atoms in total. The summed E-state index contributed by atoms with van der Waals surface area (Å²) in [6, 6.07) is 17.6. The highest BCUT2D eigenvalue weighted by atomic mass is 16.3. The molecular weight excluding hydrogens is 296 g/mol. The summed E-state index contributed by atoms with van der Waals surface area (Å²) in [7, 11) is 0. The van der Waals surface area contributed by atoms with Crippen LogP contribution in [-0.2, 0) is 6.42 Å². The Bertz CT molecular complexity index is 873. The average molecular weight is 318 g/mol. The SMILES string of the molecule is CCc1ccccc1-n1c(C)cc(C=Nc2ccc(O)cc2)c1C. The van der Waals surface area contributed by atoms with Crippen molar-refractivity contribution in [3.8, 4) is 11.4 Å². The number of para-hydroxylation sites is 1. The third-order valence-electron chi connectivity index (χ3n) is 4.29. The third kappa shape index (κ3) is 3.11. The lowest BCUT2D eigenvalue weighted by Crippen LogP contribution is -2.03. The topological polar surface area (TPSA) is 37.5 Å². The zero-order valence-corrected chi connectivity index (χ0v) is 14.3. The van der Waals surface area contributed by atoms with Crippen LogP contribution in [0.5, 0.6) is 5.75 Å². The minimum atomic E-state index is 0.253. The molecule has 24 heavy (non-hydrogen) atoms. The van der Waals surface area contributed by atoms with Crippen molar-refractivity contribution in [2.45, 2.75) is 27.2 Å². The Labute approximate surface area is 142 Å². The number of hydrogen-bond acceptors (Lipinski definition) is 2. The molecule has 0 amide bonds. The van der Waals surface area contributed by atoms with Crippen LogP contribution < -0.4 is 0 Å². The number of nitrogens with zero attached hydrogens (tertiary/aromatic N) is 2. The lowest BCUT2D eigenvalue weighted by molar-refractivity contribution is 0.475. The van der Waals surface area contributed by atoms with Gasteiger partial charge in [-0.2, -0.15) is 0 Å². The van der Waals surface area contributed by atoms with Crippen molar-refractivity contribution in [2.24, 2.45) is 4.99 Å². The van der Waals surface area contributed by atoms with Crippen LogP contribution in [0.25, 0.3) is 5.69 Å². The monoisotopic (exact) mass is 318 g/mol. The van der Waals surface area contributed by atoms with Gasteiger partial charge in [-0.1, -0.05) is 25.1 Å². The van der Waals surface area contributed by atoms with E-state index in [1.165, 1.54) is 22.6 Å². The van der Waals surface area contributed by atoms with Crippen molar-refractivity contribution in [3.63, 3.8) is 0 Å². The van der Waals surface area contributed by atoms with Gasteiger partial charge in [0.25, 0.3) is 0 Å². The van der Waals surface area contributed by atoms with Crippen molar-refractivity contribution >= 4 is 11.9 Å². The van der Waals surface area contributed by atoms with Gasteiger partial charge in [-0.15, -0.1) is 0 Å². The molecule has 0 aliphatic carbocycles. The summed E-state index contributed by atoms with van der Waals surface area (Å²) < 4.78 is 2.29. The minimum Gasteiger partial charge on any atom is -0.508 e. The number of aliphatic imine (C=N–C) groups is 1. The molecule has 3 aromatic rings. The highest BCUT2D eigenvalue weighted by Gasteiger charge is 2.11. The Balaban J connectivity index is 1.99. The zero-order valence-electron chi connectivity index (χ0n) is 14.3. The average Bonchev–Trinajstić information content (AvgIpc) is 2.88. The van der Waals surface area contributed by atoms with E-state index in [4.69, 9.17) is 0 Å². The highest BCUT2D eigenvalue weighted by molar-refractivity contribution is 5.84. The number of phenols is 1. The van der Waals surface area contributed by atoms with Crippen molar-refractivity contribution < 1.29 is 5.11 Å². The van der Waals surface area contributed by atoms with Crippen LogP contribution in [0.3, 0.4) is 0 Å². The van der Waals surface area contributed by atoms with Gasteiger partial charge in [-0.3, -0.25) is 4.99 Å². The van der Waals surface area contributed by atoms with Crippen LogP contribution in [0.2, 0.25) is 0 Å². The molecule has 0 aliphatic rings. The number of aromatic hydroxyl groups is 1. The van der Waals surface area contributed by atoms with Gasteiger partial charge in [-0.05, 0) is 62.2 Å². The molecule has 0 fully saturated rings. The van der Waals surface area contributed by atoms with Gasteiger partial charge in [0.05, 0.1) is 5.69 Å². The van der Waals surface area contributed by atoms with Crippen LogP contribution in [-0.4, -0.2) is 15.9 Å². The minimum absolute atomic E-state index is 0.253. The first kappa shape index (κ1) is 16.1. The van der Waals surface area contributed by atoms with Crippen LogP contribution >= 0.6 is 0 Å². The Kier molecular flexibility index (Phi) is 4.52. The van der Waals surface area contributed by atoms with Crippen LogP contribution in [0.1, 0.15) is 29.4 Å². The van der Waals surface area contributed by atoms with Gasteiger partial charge in [0.2, 0.25) is 0 Å². The maximum absolute atomic E-state index is 9.35. The van der Waals surface area contributed by atoms with Crippen molar-refractivity contribution in [3.05, 3.63) is 77.1 Å². The lowest BCUT2D eigenvalue weighted by atomic mass is 10.1. The molecule has 1 heterocycles. The van der Waals surface area contributed by atoms with E-state index in [1.54, 1.807) is 24.3 Å². The first-order chi connectivity index (χ1) is 11.6. The molecule has 1 aromatic heterocycles. The summed E-state index contributed by atoms with van der Waals surface area (Å²) >= 11 is 0. The number of hydrogen-bond donors (Lipinski definition) is 1. The van der Waals surface area contributed by atoms with E-state index in [0.717, 1.165) is 17.7 Å². The zero-order chi connectivity index (χ0) is 17.1. The molecule has 2 aromatic carbocycles. The normalized spacial score (nSPS) is 11.3. The van der Waals surface area contributed by atoms with E-state index in [9.17, 15) is 5.11 Å². The Morgan fingerprint density at radius 3 is 2.46 bits per heavy atom. The molecule has 0 spiro atoms. The first-order valence-electron chi connectivity index (χ1n) is 8.20. The molecule has 0 radical (unpaired) electrons. The van der Waals surface area contributed by atoms with Gasteiger partial charge in [0.1, 0.15) is 5.75 Å². The number of benzene rings is 2. The first-order valence-corrected chi connectivity index (χ1v) is 8.20. The summed E-state index contributed by atoms with van der Waals surface area (Å²) in [4.78, 5) is 4.52. The number of phenolic OH excluding ortho intramolecular Hbond substituents is 1. The molecule has 0 saturated heterocycles. The maximum Gasteiger partial charge on any atom is 0.115 e. The largest absolute Gasteiger partial charge is 0.508 e. The summed E-state index contributed by atoms with van der Waals surface area (Å²) in [6.45, 7) is 6.43. The van der Waals surface area contributed by atoms with E-state index in [2.05, 4.69) is 60.7 Å². The van der Waals surface area contributed by atoms with E-state index >= 15 is 0 Å². The van der Waals surface area contributed by atoms with E-state index in [1.807, 2.05) is 6.21 Å².